The topological polar surface area (TPSA) is 150 Å². The first kappa shape index (κ1) is 36.6. The van der Waals surface area contributed by atoms with Gasteiger partial charge in [0.1, 0.15) is 11.8 Å². The second kappa shape index (κ2) is 23.1. The first-order valence-electron chi connectivity index (χ1n) is 16.2. The fraction of sp³-hybridized carbons (Fsp3) is 0.844. The van der Waals surface area contributed by atoms with Gasteiger partial charge in [0.2, 0.25) is 11.8 Å². The highest BCUT2D eigenvalue weighted by Gasteiger charge is 2.29. The van der Waals surface area contributed by atoms with E-state index in [0.717, 1.165) is 44.9 Å². The van der Waals surface area contributed by atoms with Gasteiger partial charge < -0.3 is 25.6 Å². The van der Waals surface area contributed by atoms with Crippen LogP contribution in [0.15, 0.2) is 0 Å². The van der Waals surface area contributed by atoms with Gasteiger partial charge in [-0.05, 0) is 57.8 Å². The Balaban J connectivity index is 1.96. The van der Waals surface area contributed by atoms with Crippen molar-refractivity contribution in [1.82, 2.24) is 10.6 Å². The first-order valence-corrected chi connectivity index (χ1v) is 16.2. The lowest BCUT2D eigenvalue weighted by Gasteiger charge is -2.28. The molecule has 9 nitrogen and oxygen atoms in total. The van der Waals surface area contributed by atoms with Crippen LogP contribution in [0.5, 0.6) is 0 Å². The predicted octanol–water partition coefficient (Wildman–Crippen LogP) is 6.17. The molecule has 0 heterocycles. The van der Waals surface area contributed by atoms with E-state index in [1.807, 2.05) is 0 Å². The molecule has 1 aliphatic rings. The van der Waals surface area contributed by atoms with E-state index in [4.69, 9.17) is 5.11 Å². The molecule has 1 aliphatic carbocycles. The summed E-state index contributed by atoms with van der Waals surface area (Å²) < 4.78 is 0. The number of carboxylic acids is 2. The molecule has 1 atom stereocenters. The average Bonchev–Trinajstić information content (AvgIpc) is 2.93. The van der Waals surface area contributed by atoms with E-state index in [9.17, 15) is 29.1 Å². The Hall–Kier alpha value is -2.45. The fourth-order valence-electron chi connectivity index (χ4n) is 5.55. The number of nitrogens with one attached hydrogen (secondary N) is 2. The number of ketones is 1. The summed E-state index contributed by atoms with van der Waals surface area (Å²) in [7, 11) is 0. The molecule has 0 bridgehead atoms. The zero-order chi connectivity index (χ0) is 30.3. The number of carbonyl (C=O) groups excluding carboxylic acids is 3. The molecule has 0 aromatic rings. The summed E-state index contributed by atoms with van der Waals surface area (Å²) in [6.45, 7) is 2.04. The largest absolute Gasteiger partial charge is 0.481 e. The Bertz CT molecular complexity index is 778. The highest BCUT2D eigenvalue weighted by molar-refractivity contribution is 5.85. The zero-order valence-corrected chi connectivity index (χ0v) is 25.4. The molecule has 0 radical (unpaired) electrons. The monoisotopic (exact) mass is 580 g/mol. The third kappa shape index (κ3) is 20.1. The minimum atomic E-state index is -1.11. The van der Waals surface area contributed by atoms with Crippen molar-refractivity contribution in [3.05, 3.63) is 0 Å². The van der Waals surface area contributed by atoms with Gasteiger partial charge >= 0.3 is 11.9 Å². The standard InChI is InChI=1S/C32H56N2O7/c1-25(35)18-23-28(32(40)41)34-31(39)27-21-19-26(20-22-27)24-33-29(36)16-14-12-10-8-6-4-2-3-5-7-9-11-13-15-17-30(37)38/h26-28H,2-24H2,1H3,(H,33,36)(H,34,39)(H,37,38)(H,40,41)/t26-,27-,28-/m0/s1. The number of Topliss-reactive ketones (excluding diaryl/α,β-unsaturated/α-hetero) is 1. The summed E-state index contributed by atoms with van der Waals surface area (Å²) in [6.07, 6.45) is 20.4. The number of carbonyl (C=O) groups is 5. The van der Waals surface area contributed by atoms with Gasteiger partial charge in [-0.1, -0.05) is 77.0 Å². The van der Waals surface area contributed by atoms with Crippen LogP contribution in [0.3, 0.4) is 0 Å². The fourth-order valence-corrected chi connectivity index (χ4v) is 5.55. The van der Waals surface area contributed by atoms with Gasteiger partial charge in [0.25, 0.3) is 0 Å². The molecule has 0 aromatic carbocycles. The highest BCUT2D eigenvalue weighted by Crippen LogP contribution is 2.28. The molecule has 4 N–H and O–H groups in total. The summed E-state index contributed by atoms with van der Waals surface area (Å²) in [5, 5.41) is 23.6. The summed E-state index contributed by atoms with van der Waals surface area (Å²) in [6, 6.07) is -1.03. The summed E-state index contributed by atoms with van der Waals surface area (Å²) in [4.78, 5) is 57.8. The number of aliphatic carboxylic acids is 2. The Morgan fingerprint density at radius 3 is 1.56 bits per heavy atom. The molecule has 0 saturated heterocycles. The maximum absolute atomic E-state index is 12.5. The highest BCUT2D eigenvalue weighted by atomic mass is 16.4. The number of hydrogen-bond donors (Lipinski definition) is 4. The summed E-state index contributed by atoms with van der Waals surface area (Å²) in [5.74, 6) is -1.92. The lowest BCUT2D eigenvalue weighted by atomic mass is 9.81. The van der Waals surface area contributed by atoms with Crippen molar-refractivity contribution in [2.45, 2.75) is 154 Å². The van der Waals surface area contributed by atoms with Crippen LogP contribution in [-0.4, -0.2) is 52.3 Å². The van der Waals surface area contributed by atoms with Crippen LogP contribution in [0.4, 0.5) is 0 Å². The number of unbranched alkanes of at least 4 members (excludes halogenated alkanes) is 13. The van der Waals surface area contributed by atoms with Crippen molar-refractivity contribution >= 4 is 29.5 Å². The minimum Gasteiger partial charge on any atom is -0.481 e. The van der Waals surface area contributed by atoms with Crippen molar-refractivity contribution in [2.24, 2.45) is 11.8 Å². The van der Waals surface area contributed by atoms with Gasteiger partial charge in [-0.2, -0.15) is 0 Å². The van der Waals surface area contributed by atoms with Crippen LogP contribution < -0.4 is 10.6 Å². The molecule has 1 fully saturated rings. The Morgan fingerprint density at radius 2 is 1.12 bits per heavy atom. The van der Waals surface area contributed by atoms with Crippen LogP contribution in [-0.2, 0) is 24.0 Å². The molecule has 1 saturated carbocycles. The zero-order valence-electron chi connectivity index (χ0n) is 25.4. The van der Waals surface area contributed by atoms with Crippen LogP contribution in [0.25, 0.3) is 0 Å². The molecule has 236 valence electrons. The van der Waals surface area contributed by atoms with E-state index >= 15 is 0 Å². The average molecular weight is 581 g/mol. The maximum atomic E-state index is 12.5. The quantitative estimate of drug-likeness (QED) is 0.0943. The summed E-state index contributed by atoms with van der Waals surface area (Å²) >= 11 is 0. The van der Waals surface area contributed by atoms with Crippen molar-refractivity contribution in [1.29, 1.82) is 0 Å². The molecule has 9 heteroatoms. The minimum absolute atomic E-state index is 0.0952. The SMILES string of the molecule is CC(=O)CC[C@H](NC(=O)[C@H]1CC[C@H](CNC(=O)CCCCCCCCCCCCCCCCC(=O)O)CC1)C(=O)O. The van der Waals surface area contributed by atoms with E-state index < -0.39 is 18.0 Å². The Labute approximate surface area is 247 Å². The van der Waals surface area contributed by atoms with Crippen LogP contribution in [0.1, 0.15) is 148 Å². The van der Waals surface area contributed by atoms with Gasteiger partial charge in [-0.15, -0.1) is 0 Å². The van der Waals surface area contributed by atoms with Gasteiger partial charge in [0.15, 0.2) is 0 Å². The smallest absolute Gasteiger partial charge is 0.326 e. The normalized spacial score (nSPS) is 17.5. The van der Waals surface area contributed by atoms with Gasteiger partial charge in [-0.25, -0.2) is 4.79 Å². The second-order valence-corrected chi connectivity index (χ2v) is 12.0. The Morgan fingerprint density at radius 1 is 0.659 bits per heavy atom. The van der Waals surface area contributed by atoms with Gasteiger partial charge in [-0.3, -0.25) is 14.4 Å². The van der Waals surface area contributed by atoms with E-state index in [-0.39, 0.29) is 36.4 Å². The number of carboxylic acid groups (broad SMARTS) is 2. The van der Waals surface area contributed by atoms with E-state index in [0.29, 0.717) is 38.1 Å². The maximum Gasteiger partial charge on any atom is 0.326 e. The lowest BCUT2D eigenvalue weighted by molar-refractivity contribution is -0.143. The lowest BCUT2D eigenvalue weighted by Crippen LogP contribution is -2.44. The molecular weight excluding hydrogens is 524 g/mol. The van der Waals surface area contributed by atoms with Crippen LogP contribution in [0, 0.1) is 11.8 Å². The van der Waals surface area contributed by atoms with E-state index in [2.05, 4.69) is 10.6 Å². The third-order valence-electron chi connectivity index (χ3n) is 8.25. The van der Waals surface area contributed by atoms with Crippen LogP contribution in [0.2, 0.25) is 0 Å². The molecule has 41 heavy (non-hydrogen) atoms. The van der Waals surface area contributed by atoms with E-state index in [1.54, 1.807) is 0 Å². The second-order valence-electron chi connectivity index (χ2n) is 12.0. The number of rotatable bonds is 25. The van der Waals surface area contributed by atoms with Gasteiger partial charge in [0, 0.05) is 31.7 Å². The molecular formula is C32H56N2O7. The predicted molar refractivity (Wildman–Crippen MR) is 159 cm³/mol. The Kier molecular flexibility index (Phi) is 20.7. The summed E-state index contributed by atoms with van der Waals surface area (Å²) in [5.41, 5.74) is 0. The van der Waals surface area contributed by atoms with E-state index in [1.165, 1.54) is 64.7 Å². The first-order chi connectivity index (χ1) is 19.7. The molecule has 1 rings (SSSR count). The van der Waals surface area contributed by atoms with Crippen molar-refractivity contribution in [3.63, 3.8) is 0 Å². The van der Waals surface area contributed by atoms with Crippen molar-refractivity contribution in [3.8, 4) is 0 Å². The molecule has 0 unspecified atom stereocenters. The third-order valence-corrected chi connectivity index (χ3v) is 8.25. The number of hydrogen-bond acceptors (Lipinski definition) is 5. The molecule has 0 aliphatic heterocycles. The molecule has 2 amide bonds. The number of amides is 2. The van der Waals surface area contributed by atoms with Crippen molar-refractivity contribution in [2.75, 3.05) is 6.54 Å². The van der Waals surface area contributed by atoms with Gasteiger partial charge in [0.05, 0.1) is 0 Å². The van der Waals surface area contributed by atoms with Crippen LogP contribution >= 0.6 is 0 Å². The molecule has 0 spiro atoms. The molecule has 0 aromatic heterocycles. The van der Waals surface area contributed by atoms with Crippen molar-refractivity contribution < 1.29 is 34.2 Å².